The lowest BCUT2D eigenvalue weighted by atomic mass is 10.1. The van der Waals surface area contributed by atoms with Gasteiger partial charge in [-0.15, -0.1) is 0 Å². The fourth-order valence-electron chi connectivity index (χ4n) is 2.61. The van der Waals surface area contributed by atoms with Crippen LogP contribution in [0.3, 0.4) is 0 Å². The Morgan fingerprint density at radius 2 is 2.19 bits per heavy atom. The number of rotatable bonds is 5. The lowest BCUT2D eigenvalue weighted by Gasteiger charge is -2.04. The molecule has 0 fully saturated rings. The molecule has 0 atom stereocenters. The summed E-state index contributed by atoms with van der Waals surface area (Å²) >= 11 is 0. The van der Waals surface area contributed by atoms with Gasteiger partial charge in [0, 0.05) is 17.7 Å². The van der Waals surface area contributed by atoms with Crippen molar-refractivity contribution < 1.29 is 13.9 Å². The fraction of sp³-hybridized carbons (Fsp3) is 0.105. The molecule has 27 heavy (non-hydrogen) atoms. The lowest BCUT2D eigenvalue weighted by molar-refractivity contribution is 0.251. The van der Waals surface area contributed by atoms with E-state index in [9.17, 15) is 4.79 Å². The van der Waals surface area contributed by atoms with E-state index in [1.807, 2.05) is 36.4 Å². The number of aromatic nitrogens is 3. The van der Waals surface area contributed by atoms with E-state index in [4.69, 9.17) is 9.15 Å². The van der Waals surface area contributed by atoms with Crippen molar-refractivity contribution in [1.82, 2.24) is 19.9 Å². The highest BCUT2D eigenvalue weighted by atomic mass is 16.5. The quantitative estimate of drug-likeness (QED) is 0.567. The number of furan rings is 1. The molecule has 2 amide bonds. The normalized spacial score (nSPS) is 10.7. The molecule has 0 spiro atoms. The van der Waals surface area contributed by atoms with Crippen molar-refractivity contribution in [3.05, 3.63) is 66.8 Å². The number of imidazole rings is 1. The molecule has 4 rings (SSSR count). The molecular formula is C19H17N5O3. The highest BCUT2D eigenvalue weighted by Crippen LogP contribution is 2.22. The Bertz CT molecular complexity index is 1070. The van der Waals surface area contributed by atoms with Gasteiger partial charge in [0.2, 0.25) is 0 Å². The van der Waals surface area contributed by atoms with Crippen LogP contribution < -0.4 is 15.4 Å². The predicted octanol–water partition coefficient (Wildman–Crippen LogP) is 3.32. The highest BCUT2D eigenvalue weighted by Gasteiger charge is 2.09. The molecule has 0 aliphatic rings. The van der Waals surface area contributed by atoms with Crippen molar-refractivity contribution in [2.24, 2.45) is 0 Å². The van der Waals surface area contributed by atoms with Gasteiger partial charge < -0.3 is 14.5 Å². The van der Waals surface area contributed by atoms with Crippen LogP contribution in [0.4, 0.5) is 10.6 Å². The molecule has 3 heterocycles. The summed E-state index contributed by atoms with van der Waals surface area (Å²) in [6.45, 7) is 0.369. The number of carbonyl (C=O) groups excluding carboxylic acids is 1. The smallest absolute Gasteiger partial charge is 0.320 e. The van der Waals surface area contributed by atoms with Crippen LogP contribution in [-0.2, 0) is 6.54 Å². The molecule has 0 bridgehead atoms. The van der Waals surface area contributed by atoms with Crippen molar-refractivity contribution >= 4 is 17.5 Å². The molecule has 0 radical (unpaired) electrons. The van der Waals surface area contributed by atoms with E-state index in [-0.39, 0.29) is 6.03 Å². The first kappa shape index (κ1) is 16.6. The molecule has 4 aromatic rings. The van der Waals surface area contributed by atoms with Gasteiger partial charge in [0.05, 0.1) is 31.5 Å². The summed E-state index contributed by atoms with van der Waals surface area (Å²) < 4.78 is 11.8. The molecule has 0 saturated heterocycles. The van der Waals surface area contributed by atoms with Crippen LogP contribution >= 0.6 is 0 Å². The monoisotopic (exact) mass is 363 g/mol. The van der Waals surface area contributed by atoms with Crippen molar-refractivity contribution in [1.29, 1.82) is 0 Å². The molecule has 1 aromatic carbocycles. The number of fused-ring (bicyclic) bond motifs is 1. The van der Waals surface area contributed by atoms with Crippen LogP contribution in [-0.4, -0.2) is 27.7 Å². The van der Waals surface area contributed by atoms with Crippen LogP contribution in [0.2, 0.25) is 0 Å². The van der Waals surface area contributed by atoms with Crippen LogP contribution in [0.5, 0.6) is 5.75 Å². The second-order valence-electron chi connectivity index (χ2n) is 5.82. The zero-order valence-electron chi connectivity index (χ0n) is 14.5. The average Bonchev–Trinajstić information content (AvgIpc) is 3.35. The molecule has 3 aromatic heterocycles. The maximum Gasteiger partial charge on any atom is 0.320 e. The lowest BCUT2D eigenvalue weighted by Crippen LogP contribution is -2.28. The number of urea groups is 1. The third-order valence-electron chi connectivity index (χ3n) is 3.96. The molecule has 0 unspecified atom stereocenters. The molecule has 136 valence electrons. The Kier molecular flexibility index (Phi) is 4.44. The summed E-state index contributed by atoms with van der Waals surface area (Å²) in [6, 6.07) is 12.8. The molecule has 0 aliphatic carbocycles. The summed E-state index contributed by atoms with van der Waals surface area (Å²) in [5.41, 5.74) is 3.21. The minimum atomic E-state index is -0.354. The standard InChI is InChI=1S/C19H17N5O3/c1-26-15-4-2-3-14(9-15)16-5-6-18-21-17(11-24(18)23-16)22-19(25)20-10-13-7-8-27-12-13/h2-9,11-12H,10H2,1H3,(H2,20,22,25). The molecule has 2 N–H and O–H groups in total. The van der Waals surface area contributed by atoms with Gasteiger partial charge in [-0.2, -0.15) is 5.10 Å². The SMILES string of the molecule is COc1cccc(-c2ccc3nc(NC(=O)NCc4ccoc4)cn3n2)c1. The molecule has 8 nitrogen and oxygen atoms in total. The van der Waals surface area contributed by atoms with Crippen LogP contribution in [0, 0.1) is 0 Å². The minimum absolute atomic E-state index is 0.354. The number of nitrogens with zero attached hydrogens (tertiary/aromatic N) is 3. The number of hydrogen-bond donors (Lipinski definition) is 2. The molecular weight excluding hydrogens is 346 g/mol. The second kappa shape index (κ2) is 7.20. The van der Waals surface area contributed by atoms with Gasteiger partial charge in [0.15, 0.2) is 11.5 Å². The highest BCUT2D eigenvalue weighted by molar-refractivity contribution is 5.88. The van der Waals surface area contributed by atoms with Crippen LogP contribution in [0.25, 0.3) is 16.9 Å². The zero-order chi connectivity index (χ0) is 18.6. The number of methoxy groups -OCH3 is 1. The molecule has 0 saturated carbocycles. The number of nitrogens with one attached hydrogen (secondary N) is 2. The van der Waals surface area contributed by atoms with Crippen molar-refractivity contribution in [2.75, 3.05) is 12.4 Å². The summed E-state index contributed by atoms with van der Waals surface area (Å²) in [6.07, 6.45) is 4.80. The number of benzene rings is 1. The zero-order valence-corrected chi connectivity index (χ0v) is 14.5. The summed E-state index contributed by atoms with van der Waals surface area (Å²) in [7, 11) is 1.63. The minimum Gasteiger partial charge on any atom is -0.497 e. The number of amides is 2. The maximum atomic E-state index is 12.0. The van der Waals surface area contributed by atoms with Gasteiger partial charge in [-0.05, 0) is 30.3 Å². The van der Waals surface area contributed by atoms with Crippen LogP contribution in [0.15, 0.2) is 65.6 Å². The van der Waals surface area contributed by atoms with E-state index >= 15 is 0 Å². The van der Waals surface area contributed by atoms with Gasteiger partial charge >= 0.3 is 6.03 Å². The van der Waals surface area contributed by atoms with Gasteiger partial charge in [-0.25, -0.2) is 14.3 Å². The summed E-state index contributed by atoms with van der Waals surface area (Å²) in [5, 5.41) is 9.98. The third kappa shape index (κ3) is 3.74. The van der Waals surface area contributed by atoms with E-state index in [1.54, 1.807) is 36.4 Å². The first-order valence-electron chi connectivity index (χ1n) is 8.28. The Balaban J connectivity index is 1.49. The van der Waals surface area contributed by atoms with E-state index in [2.05, 4.69) is 20.7 Å². The van der Waals surface area contributed by atoms with Crippen molar-refractivity contribution in [3.63, 3.8) is 0 Å². The third-order valence-corrected chi connectivity index (χ3v) is 3.96. The van der Waals surface area contributed by atoms with Gasteiger partial charge in [0.25, 0.3) is 0 Å². The number of anilines is 1. The fourth-order valence-corrected chi connectivity index (χ4v) is 2.61. The van der Waals surface area contributed by atoms with E-state index in [0.29, 0.717) is 18.0 Å². The predicted molar refractivity (Wildman–Crippen MR) is 99.5 cm³/mol. The van der Waals surface area contributed by atoms with Crippen molar-refractivity contribution in [2.45, 2.75) is 6.54 Å². The number of hydrogen-bond acceptors (Lipinski definition) is 5. The second-order valence-corrected chi connectivity index (χ2v) is 5.82. The first-order valence-corrected chi connectivity index (χ1v) is 8.28. The van der Waals surface area contributed by atoms with Crippen LogP contribution in [0.1, 0.15) is 5.56 Å². The molecule has 8 heteroatoms. The largest absolute Gasteiger partial charge is 0.497 e. The van der Waals surface area contributed by atoms with Gasteiger partial charge in [-0.3, -0.25) is 5.32 Å². The number of carbonyl (C=O) groups is 1. The Morgan fingerprint density at radius 1 is 1.26 bits per heavy atom. The van der Waals surface area contributed by atoms with E-state index < -0.39 is 0 Å². The van der Waals surface area contributed by atoms with Gasteiger partial charge in [0.1, 0.15) is 5.75 Å². The first-order chi connectivity index (χ1) is 13.2. The Morgan fingerprint density at radius 3 is 3.00 bits per heavy atom. The van der Waals surface area contributed by atoms with Crippen molar-refractivity contribution in [3.8, 4) is 17.0 Å². The maximum absolute atomic E-state index is 12.0. The topological polar surface area (TPSA) is 93.7 Å². The summed E-state index contributed by atoms with van der Waals surface area (Å²) in [5.74, 6) is 1.17. The van der Waals surface area contributed by atoms with Gasteiger partial charge in [-0.1, -0.05) is 12.1 Å². The molecule has 0 aliphatic heterocycles. The Hall–Kier alpha value is -3.81. The average molecular weight is 363 g/mol. The van der Waals surface area contributed by atoms with E-state index in [1.165, 1.54) is 0 Å². The Labute approximate surface area is 154 Å². The summed E-state index contributed by atoms with van der Waals surface area (Å²) in [4.78, 5) is 16.4. The number of ether oxygens (including phenoxy) is 1. The van der Waals surface area contributed by atoms with E-state index in [0.717, 1.165) is 22.6 Å².